The summed E-state index contributed by atoms with van der Waals surface area (Å²) in [7, 11) is 0. The van der Waals surface area contributed by atoms with Crippen LogP contribution < -0.4 is 5.32 Å². The van der Waals surface area contributed by atoms with Gasteiger partial charge in [0, 0.05) is 5.56 Å². The van der Waals surface area contributed by atoms with Crippen molar-refractivity contribution >= 4 is 23.2 Å². The number of nitrogens with one attached hydrogen (secondary N) is 1. The summed E-state index contributed by atoms with van der Waals surface area (Å²) in [5, 5.41) is 10.6. The normalized spacial score (nSPS) is 11.5. The largest absolute Gasteiger partial charge is 0.471 e. The highest BCUT2D eigenvalue weighted by molar-refractivity contribution is 6.33. The Kier molecular flexibility index (Phi) is 4.24. The summed E-state index contributed by atoms with van der Waals surface area (Å²) in [5.41, 5.74) is 0.231. The van der Waals surface area contributed by atoms with E-state index < -0.39 is 12.1 Å². The predicted octanol–water partition coefficient (Wildman–Crippen LogP) is 3.59. The minimum atomic E-state index is -5.01. The van der Waals surface area contributed by atoms with E-state index in [1.807, 2.05) is 0 Å². The number of carbonyl (C=O) groups is 1. The quantitative estimate of drug-likeness (QED) is 0.908. The third-order valence-corrected chi connectivity index (χ3v) is 2.90. The summed E-state index contributed by atoms with van der Waals surface area (Å²) in [6.07, 6.45) is -5.01. The molecule has 0 aliphatic carbocycles. The Morgan fingerprint density at radius 2 is 2.00 bits per heavy atom. The minimum absolute atomic E-state index is 0.0368. The molecule has 1 aromatic heterocycles. The molecule has 4 nitrogen and oxygen atoms in total. The lowest BCUT2D eigenvalue weighted by Gasteiger charge is -2.10. The molecule has 0 saturated carbocycles. The highest BCUT2D eigenvalue weighted by atomic mass is 35.5. The van der Waals surface area contributed by atoms with Crippen molar-refractivity contribution in [3.05, 3.63) is 41.1 Å². The van der Waals surface area contributed by atoms with Crippen molar-refractivity contribution in [3.8, 4) is 11.3 Å². The lowest BCUT2D eigenvalue weighted by molar-refractivity contribution is -0.167. The Labute approximate surface area is 122 Å². The lowest BCUT2D eigenvalue weighted by atomic mass is 10.1. The topological polar surface area (TPSA) is 62.5 Å². The first-order valence-corrected chi connectivity index (χ1v) is 6.06. The predicted molar refractivity (Wildman–Crippen MR) is 69.8 cm³/mol. The Morgan fingerprint density at radius 1 is 1.29 bits per heavy atom. The van der Waals surface area contributed by atoms with Crippen LogP contribution in [0.3, 0.4) is 0 Å². The van der Waals surface area contributed by atoms with E-state index in [-0.39, 0.29) is 17.3 Å². The molecular formula is C13H9ClF3NO3. The van der Waals surface area contributed by atoms with E-state index in [9.17, 15) is 18.0 Å². The highest BCUT2D eigenvalue weighted by Crippen LogP contribution is 2.31. The van der Waals surface area contributed by atoms with E-state index in [4.69, 9.17) is 21.1 Å². The van der Waals surface area contributed by atoms with Crippen molar-refractivity contribution in [2.45, 2.75) is 12.8 Å². The second kappa shape index (κ2) is 5.79. The zero-order valence-electron chi connectivity index (χ0n) is 10.4. The summed E-state index contributed by atoms with van der Waals surface area (Å²) >= 11 is 5.76. The Hall–Kier alpha value is -1.99. The standard InChI is InChI=1S/C13H9ClF3NO3/c14-9-3-1-7(11-4-2-8(6-19)21-11)5-10(9)18-12(20)13(15,16)17/h1-5,19H,6H2,(H,18,20). The summed E-state index contributed by atoms with van der Waals surface area (Å²) < 4.78 is 42.0. The molecule has 0 aliphatic heterocycles. The average Bonchev–Trinajstić information content (AvgIpc) is 2.89. The van der Waals surface area contributed by atoms with Crippen LogP contribution in [0.4, 0.5) is 18.9 Å². The number of benzene rings is 1. The average molecular weight is 320 g/mol. The molecule has 0 unspecified atom stereocenters. The monoisotopic (exact) mass is 319 g/mol. The molecule has 2 N–H and O–H groups in total. The van der Waals surface area contributed by atoms with Crippen molar-refractivity contribution in [1.29, 1.82) is 0 Å². The zero-order chi connectivity index (χ0) is 15.6. The molecule has 8 heteroatoms. The minimum Gasteiger partial charge on any atom is -0.459 e. The van der Waals surface area contributed by atoms with Crippen molar-refractivity contribution in [2.24, 2.45) is 0 Å². The van der Waals surface area contributed by atoms with Crippen molar-refractivity contribution in [1.82, 2.24) is 0 Å². The van der Waals surface area contributed by atoms with Gasteiger partial charge < -0.3 is 14.8 Å². The number of alkyl halides is 3. The van der Waals surface area contributed by atoms with Crippen LogP contribution in [-0.2, 0) is 11.4 Å². The van der Waals surface area contributed by atoms with Crippen LogP contribution in [0.25, 0.3) is 11.3 Å². The molecule has 1 heterocycles. The van der Waals surface area contributed by atoms with Crippen LogP contribution in [-0.4, -0.2) is 17.2 Å². The first kappa shape index (κ1) is 15.4. The molecule has 0 fully saturated rings. The first-order chi connectivity index (χ1) is 9.81. The third kappa shape index (κ3) is 3.56. The van der Waals surface area contributed by atoms with E-state index in [0.29, 0.717) is 17.1 Å². The van der Waals surface area contributed by atoms with Gasteiger partial charge in [-0.25, -0.2) is 0 Å². The molecule has 0 bridgehead atoms. The highest BCUT2D eigenvalue weighted by Gasteiger charge is 2.39. The Balaban J connectivity index is 2.31. The first-order valence-electron chi connectivity index (χ1n) is 5.69. The van der Waals surface area contributed by atoms with Gasteiger partial charge in [0.1, 0.15) is 18.1 Å². The maximum atomic E-state index is 12.2. The molecule has 1 aromatic carbocycles. The van der Waals surface area contributed by atoms with Gasteiger partial charge in [0.15, 0.2) is 0 Å². The number of halogens is 4. The van der Waals surface area contributed by atoms with Gasteiger partial charge in [-0.05, 0) is 30.3 Å². The molecule has 2 aromatic rings. The number of carbonyl (C=O) groups excluding carboxylic acids is 1. The maximum Gasteiger partial charge on any atom is 0.471 e. The fourth-order valence-corrected chi connectivity index (χ4v) is 1.75. The van der Waals surface area contributed by atoms with E-state index in [2.05, 4.69) is 0 Å². The SMILES string of the molecule is O=C(Nc1cc(-c2ccc(CO)o2)ccc1Cl)C(F)(F)F. The lowest BCUT2D eigenvalue weighted by Crippen LogP contribution is -2.30. The van der Waals surface area contributed by atoms with Gasteiger partial charge in [-0.3, -0.25) is 4.79 Å². The smallest absolute Gasteiger partial charge is 0.459 e. The Morgan fingerprint density at radius 3 is 2.57 bits per heavy atom. The number of aliphatic hydroxyl groups is 1. The van der Waals surface area contributed by atoms with Gasteiger partial charge in [-0.1, -0.05) is 11.6 Å². The number of rotatable bonds is 3. The maximum absolute atomic E-state index is 12.2. The third-order valence-electron chi connectivity index (χ3n) is 2.57. The molecule has 0 spiro atoms. The fraction of sp³-hybridized carbons (Fsp3) is 0.154. The Bertz CT molecular complexity index is 667. The summed E-state index contributed by atoms with van der Waals surface area (Å²) in [6.45, 7) is -0.300. The van der Waals surface area contributed by atoms with Gasteiger partial charge in [0.25, 0.3) is 0 Å². The molecule has 0 atom stereocenters. The summed E-state index contributed by atoms with van der Waals surface area (Å²) in [5.74, 6) is -1.48. The van der Waals surface area contributed by atoms with Crippen LogP contribution in [0.15, 0.2) is 34.7 Å². The number of furan rings is 1. The molecule has 0 aliphatic rings. The fourth-order valence-electron chi connectivity index (χ4n) is 1.59. The second-order valence-corrected chi connectivity index (χ2v) is 4.48. The van der Waals surface area contributed by atoms with Gasteiger partial charge >= 0.3 is 12.1 Å². The number of anilines is 1. The molecule has 21 heavy (non-hydrogen) atoms. The molecular weight excluding hydrogens is 311 g/mol. The number of aliphatic hydroxyl groups excluding tert-OH is 1. The van der Waals surface area contributed by atoms with Gasteiger partial charge in [0.2, 0.25) is 0 Å². The number of amides is 1. The van der Waals surface area contributed by atoms with E-state index >= 15 is 0 Å². The van der Waals surface area contributed by atoms with Crippen LogP contribution in [0.1, 0.15) is 5.76 Å². The van der Waals surface area contributed by atoms with Crippen molar-refractivity contribution in [2.75, 3.05) is 5.32 Å². The summed E-state index contributed by atoms with van der Waals surface area (Å²) in [4.78, 5) is 10.9. The van der Waals surface area contributed by atoms with Crippen LogP contribution in [0, 0.1) is 0 Å². The van der Waals surface area contributed by atoms with Crippen molar-refractivity contribution in [3.63, 3.8) is 0 Å². The van der Waals surface area contributed by atoms with Crippen molar-refractivity contribution < 1.29 is 27.5 Å². The van der Waals surface area contributed by atoms with Crippen LogP contribution in [0.5, 0.6) is 0 Å². The van der Waals surface area contributed by atoms with E-state index in [1.54, 1.807) is 11.4 Å². The van der Waals surface area contributed by atoms with E-state index in [1.165, 1.54) is 24.3 Å². The second-order valence-electron chi connectivity index (χ2n) is 4.07. The molecule has 2 rings (SSSR count). The van der Waals surface area contributed by atoms with Crippen LogP contribution in [0.2, 0.25) is 5.02 Å². The molecule has 0 radical (unpaired) electrons. The number of hydrogen-bond acceptors (Lipinski definition) is 3. The van der Waals surface area contributed by atoms with E-state index in [0.717, 1.165) is 0 Å². The molecule has 1 amide bonds. The van der Waals surface area contributed by atoms with Crippen LogP contribution >= 0.6 is 11.6 Å². The molecule has 112 valence electrons. The zero-order valence-corrected chi connectivity index (χ0v) is 11.1. The van der Waals surface area contributed by atoms with Gasteiger partial charge in [-0.2, -0.15) is 13.2 Å². The number of hydrogen-bond donors (Lipinski definition) is 2. The molecule has 0 saturated heterocycles. The summed E-state index contributed by atoms with van der Waals surface area (Å²) in [6, 6.07) is 7.18. The van der Waals surface area contributed by atoms with Gasteiger partial charge in [-0.15, -0.1) is 0 Å². The van der Waals surface area contributed by atoms with Gasteiger partial charge in [0.05, 0.1) is 10.7 Å².